The molecule has 1 saturated carbocycles. The molecule has 4 N–H and O–H groups in total. The van der Waals surface area contributed by atoms with Gasteiger partial charge in [-0.3, -0.25) is 9.59 Å². The number of H-pyrrole nitrogens is 1. The number of aromatic nitrogens is 2. The molecule has 0 spiro atoms. The number of carbonyl (C=O) groups excluding carboxylic acids is 1. The highest BCUT2D eigenvalue weighted by molar-refractivity contribution is 5.99. The Balaban J connectivity index is 1.68. The largest absolute Gasteiger partial charge is 0.475 e. The van der Waals surface area contributed by atoms with Gasteiger partial charge >= 0.3 is 6.09 Å². The summed E-state index contributed by atoms with van der Waals surface area (Å²) in [4.78, 5) is 49.8. The molecule has 0 saturated heterocycles. The molecule has 4 rings (SSSR count). The number of pyridine rings is 2. The number of benzene rings is 1. The van der Waals surface area contributed by atoms with Crippen LogP contribution in [0, 0.1) is 20.8 Å². The van der Waals surface area contributed by atoms with E-state index in [0.29, 0.717) is 23.6 Å². The Kier molecular flexibility index (Phi) is 11.3. The molecular weight excluding hydrogens is 598 g/mol. The Morgan fingerprint density at radius 2 is 1.72 bits per heavy atom. The maximum absolute atomic E-state index is 13.8. The maximum Gasteiger partial charge on any atom is 0.407 e. The predicted octanol–water partition coefficient (Wildman–Crippen LogP) is 5.58. The molecule has 11 nitrogen and oxygen atoms in total. The van der Waals surface area contributed by atoms with Gasteiger partial charge in [0.15, 0.2) is 0 Å². The zero-order chi connectivity index (χ0) is 34.5. The lowest BCUT2D eigenvalue weighted by Gasteiger charge is -2.45. The highest BCUT2D eigenvalue weighted by atomic mass is 16.5. The molecule has 2 amide bonds. The second kappa shape index (κ2) is 15.0. The molecular formula is C36H49N5O6. The lowest BCUT2D eigenvalue weighted by atomic mass is 9.86. The van der Waals surface area contributed by atoms with Crippen LogP contribution in [0.3, 0.4) is 0 Å². The van der Waals surface area contributed by atoms with Crippen molar-refractivity contribution in [2.45, 2.75) is 98.3 Å². The molecule has 2 heterocycles. The molecule has 1 aromatic carbocycles. The highest BCUT2D eigenvalue weighted by Crippen LogP contribution is 2.37. The third kappa shape index (κ3) is 8.32. The number of amides is 2. The van der Waals surface area contributed by atoms with Crippen LogP contribution in [-0.4, -0.2) is 74.5 Å². The topological polar surface area (TPSA) is 148 Å². The SMILES string of the molecule is CCN(c1cc(-c2ccc(OCCO)nc2)cc(C(=O)NCc2c(C)cc(C)[nH]c2=O)c1C)C1CCC(N(C(=O)O)C(C)(C)C)CC1. The lowest BCUT2D eigenvalue weighted by molar-refractivity contribution is 0.0545. The van der Waals surface area contributed by atoms with Crippen molar-refractivity contribution in [3.05, 3.63) is 74.8 Å². The van der Waals surface area contributed by atoms with E-state index in [2.05, 4.69) is 33.2 Å². The minimum atomic E-state index is -0.892. The Labute approximate surface area is 277 Å². The van der Waals surface area contributed by atoms with Crippen LogP contribution in [0.1, 0.15) is 86.1 Å². The molecule has 0 bridgehead atoms. The average molecular weight is 648 g/mol. The number of ether oxygens (including phenoxy) is 1. The average Bonchev–Trinajstić information content (AvgIpc) is 3.00. The predicted molar refractivity (Wildman–Crippen MR) is 183 cm³/mol. The van der Waals surface area contributed by atoms with Crippen LogP contribution < -0.4 is 20.5 Å². The van der Waals surface area contributed by atoms with Gasteiger partial charge in [0, 0.05) is 71.0 Å². The van der Waals surface area contributed by atoms with Gasteiger partial charge in [-0.05, 0) is 115 Å². The molecule has 1 fully saturated rings. The molecule has 0 aliphatic heterocycles. The number of aliphatic hydroxyl groups is 1. The summed E-state index contributed by atoms with van der Waals surface area (Å²) in [5.74, 6) is 0.104. The number of nitrogens with one attached hydrogen (secondary N) is 2. The van der Waals surface area contributed by atoms with Crippen LogP contribution in [0.25, 0.3) is 11.1 Å². The van der Waals surface area contributed by atoms with Crippen LogP contribution in [0.5, 0.6) is 5.88 Å². The van der Waals surface area contributed by atoms with Crippen LogP contribution >= 0.6 is 0 Å². The monoisotopic (exact) mass is 647 g/mol. The van der Waals surface area contributed by atoms with Crippen LogP contribution in [-0.2, 0) is 6.54 Å². The van der Waals surface area contributed by atoms with Crippen molar-refractivity contribution in [2.75, 3.05) is 24.7 Å². The summed E-state index contributed by atoms with van der Waals surface area (Å²) in [6.07, 6.45) is 3.93. The van der Waals surface area contributed by atoms with Crippen molar-refractivity contribution in [1.29, 1.82) is 0 Å². The van der Waals surface area contributed by atoms with Gasteiger partial charge in [-0.15, -0.1) is 0 Å². The van der Waals surface area contributed by atoms with Crippen molar-refractivity contribution in [1.82, 2.24) is 20.2 Å². The molecule has 0 radical (unpaired) electrons. The number of anilines is 1. The van der Waals surface area contributed by atoms with E-state index < -0.39 is 11.6 Å². The number of aromatic amines is 1. The van der Waals surface area contributed by atoms with Gasteiger partial charge in [-0.1, -0.05) is 0 Å². The van der Waals surface area contributed by atoms with E-state index in [1.807, 2.05) is 59.7 Å². The van der Waals surface area contributed by atoms with Crippen molar-refractivity contribution < 1.29 is 24.5 Å². The molecule has 1 aliphatic carbocycles. The smallest absolute Gasteiger partial charge is 0.407 e. The lowest BCUT2D eigenvalue weighted by Crippen LogP contribution is -2.53. The summed E-state index contributed by atoms with van der Waals surface area (Å²) in [6.45, 7) is 14.3. The summed E-state index contributed by atoms with van der Waals surface area (Å²) in [6, 6.07) is 9.54. The molecule has 47 heavy (non-hydrogen) atoms. The Morgan fingerprint density at radius 3 is 2.28 bits per heavy atom. The number of aliphatic hydroxyl groups excluding tert-OH is 1. The van der Waals surface area contributed by atoms with Gasteiger partial charge in [0.2, 0.25) is 5.88 Å². The first-order valence-corrected chi connectivity index (χ1v) is 16.4. The van der Waals surface area contributed by atoms with Gasteiger partial charge in [0.25, 0.3) is 11.5 Å². The first kappa shape index (κ1) is 35.5. The van der Waals surface area contributed by atoms with Gasteiger partial charge in [-0.25, -0.2) is 9.78 Å². The number of hydrogen-bond acceptors (Lipinski definition) is 7. The molecule has 2 aromatic heterocycles. The molecule has 1 aliphatic rings. The number of aryl methyl sites for hydroxylation is 2. The van der Waals surface area contributed by atoms with Crippen LogP contribution in [0.4, 0.5) is 10.5 Å². The van der Waals surface area contributed by atoms with Gasteiger partial charge in [0.05, 0.1) is 6.61 Å². The molecule has 3 aromatic rings. The first-order valence-electron chi connectivity index (χ1n) is 16.4. The third-order valence-corrected chi connectivity index (χ3v) is 9.01. The molecule has 0 atom stereocenters. The van der Waals surface area contributed by atoms with E-state index in [9.17, 15) is 19.5 Å². The number of hydrogen-bond donors (Lipinski definition) is 4. The zero-order valence-corrected chi connectivity index (χ0v) is 28.6. The van der Waals surface area contributed by atoms with Gasteiger partial charge in [-0.2, -0.15) is 0 Å². The first-order chi connectivity index (χ1) is 22.2. The summed E-state index contributed by atoms with van der Waals surface area (Å²) < 4.78 is 5.45. The van der Waals surface area contributed by atoms with Gasteiger partial charge < -0.3 is 35.1 Å². The van der Waals surface area contributed by atoms with Crippen molar-refractivity contribution in [2.24, 2.45) is 0 Å². The molecule has 11 heteroatoms. The molecule has 254 valence electrons. The fourth-order valence-corrected chi connectivity index (χ4v) is 6.80. The van der Waals surface area contributed by atoms with Crippen molar-refractivity contribution >= 4 is 17.7 Å². The van der Waals surface area contributed by atoms with Crippen molar-refractivity contribution in [3.63, 3.8) is 0 Å². The third-order valence-electron chi connectivity index (χ3n) is 9.01. The minimum Gasteiger partial charge on any atom is -0.475 e. The number of rotatable bonds is 11. The molecule has 0 unspecified atom stereocenters. The number of carboxylic acid groups (broad SMARTS) is 1. The summed E-state index contributed by atoms with van der Waals surface area (Å²) in [7, 11) is 0. The summed E-state index contributed by atoms with van der Waals surface area (Å²) in [5.41, 5.74) is 5.22. The van der Waals surface area contributed by atoms with E-state index >= 15 is 0 Å². The van der Waals surface area contributed by atoms with E-state index in [1.54, 1.807) is 17.2 Å². The fourth-order valence-electron chi connectivity index (χ4n) is 6.80. The van der Waals surface area contributed by atoms with Crippen molar-refractivity contribution in [3.8, 4) is 17.0 Å². The second-order valence-electron chi connectivity index (χ2n) is 13.3. The van der Waals surface area contributed by atoms with E-state index in [1.165, 1.54) is 0 Å². The van der Waals surface area contributed by atoms with E-state index in [4.69, 9.17) is 9.84 Å². The number of carbonyl (C=O) groups is 2. The highest BCUT2D eigenvalue weighted by Gasteiger charge is 2.37. The Bertz CT molecular complexity index is 1620. The van der Waals surface area contributed by atoms with Gasteiger partial charge in [0.1, 0.15) is 6.61 Å². The second-order valence-corrected chi connectivity index (χ2v) is 13.3. The normalized spacial score (nSPS) is 16.4. The fraction of sp³-hybridized carbons (Fsp3) is 0.500. The number of nitrogens with zero attached hydrogens (tertiary/aromatic N) is 3. The minimum absolute atomic E-state index is 0.0535. The van der Waals surface area contributed by atoms with E-state index in [-0.39, 0.29) is 43.3 Å². The zero-order valence-electron chi connectivity index (χ0n) is 28.6. The Morgan fingerprint density at radius 1 is 1.04 bits per heavy atom. The van der Waals surface area contributed by atoms with Crippen LogP contribution in [0.2, 0.25) is 0 Å². The standard InChI is InChI=1S/C36H49N5O6/c1-8-40(27-10-12-28(13-11-27)41(35(45)46)36(5,6)7)31-19-26(25-9-14-32(37-20-25)47-16-15-42)18-29(24(31)4)33(43)38-21-30-22(2)17-23(3)39-34(30)44/h9,14,17-20,27-28,42H,8,10-13,15-16,21H2,1-7H3,(H,38,43)(H,39,44)(H,45,46). The maximum atomic E-state index is 13.8. The Hall–Kier alpha value is -4.38. The summed E-state index contributed by atoms with van der Waals surface area (Å²) in [5, 5.41) is 22.0. The van der Waals surface area contributed by atoms with Crippen LogP contribution in [0.15, 0.2) is 41.3 Å². The summed E-state index contributed by atoms with van der Waals surface area (Å²) >= 11 is 0. The van der Waals surface area contributed by atoms with E-state index in [0.717, 1.165) is 59.3 Å². The quantitative estimate of drug-likeness (QED) is 0.211.